The van der Waals surface area contributed by atoms with Crippen molar-refractivity contribution >= 4 is 29.9 Å². The lowest BCUT2D eigenvalue weighted by atomic mass is 10.0. The highest BCUT2D eigenvalue weighted by molar-refractivity contribution is 14.0. The summed E-state index contributed by atoms with van der Waals surface area (Å²) in [6, 6.07) is 6.86. The maximum absolute atomic E-state index is 13.8. The van der Waals surface area contributed by atoms with Crippen molar-refractivity contribution in [2.75, 3.05) is 59.2 Å². The van der Waals surface area contributed by atoms with Crippen molar-refractivity contribution in [2.45, 2.75) is 26.3 Å². The Morgan fingerprint density at radius 2 is 2.07 bits per heavy atom. The number of morpholine rings is 1. The molecule has 160 valence electrons. The minimum absolute atomic E-state index is 0. The third-order valence-electron chi connectivity index (χ3n) is 4.45. The lowest BCUT2D eigenvalue weighted by Crippen LogP contribution is -2.42. The number of guanidine groups is 1. The predicted molar refractivity (Wildman–Crippen MR) is 122 cm³/mol. The second-order valence-electron chi connectivity index (χ2n) is 6.42. The molecule has 1 aliphatic rings. The van der Waals surface area contributed by atoms with Gasteiger partial charge in [0.25, 0.3) is 0 Å². The molecule has 1 fully saturated rings. The Hall–Kier alpha value is -0.970. The summed E-state index contributed by atoms with van der Waals surface area (Å²) in [5, 5.41) is 6.62. The molecule has 0 amide bonds. The zero-order chi connectivity index (χ0) is 19.3. The number of hydrogen-bond acceptors (Lipinski definition) is 4. The lowest BCUT2D eigenvalue weighted by molar-refractivity contribution is 0.0179. The summed E-state index contributed by atoms with van der Waals surface area (Å²) in [5.41, 5.74) is 0.952. The molecule has 6 nitrogen and oxygen atoms in total. The molecule has 2 N–H and O–H groups in total. The number of benzene rings is 1. The van der Waals surface area contributed by atoms with Crippen LogP contribution in [-0.4, -0.2) is 70.0 Å². The second kappa shape index (κ2) is 14.9. The molecule has 1 aromatic rings. The van der Waals surface area contributed by atoms with Gasteiger partial charge < -0.3 is 20.1 Å². The van der Waals surface area contributed by atoms with Crippen LogP contribution in [0.1, 0.15) is 31.9 Å². The van der Waals surface area contributed by atoms with Crippen molar-refractivity contribution in [3.8, 4) is 0 Å². The monoisotopic (exact) mass is 508 g/mol. The first kappa shape index (κ1) is 25.1. The van der Waals surface area contributed by atoms with E-state index in [1.54, 1.807) is 12.1 Å². The summed E-state index contributed by atoms with van der Waals surface area (Å²) < 4.78 is 24.6. The largest absolute Gasteiger partial charge is 0.382 e. The van der Waals surface area contributed by atoms with Gasteiger partial charge in [0.1, 0.15) is 5.82 Å². The summed E-state index contributed by atoms with van der Waals surface area (Å²) >= 11 is 0. The van der Waals surface area contributed by atoms with Gasteiger partial charge in [0.15, 0.2) is 5.96 Å². The molecule has 0 aliphatic carbocycles. The topological polar surface area (TPSA) is 58.1 Å². The van der Waals surface area contributed by atoms with Crippen LogP contribution in [0.4, 0.5) is 4.39 Å². The summed E-state index contributed by atoms with van der Waals surface area (Å²) in [7, 11) is 0. The van der Waals surface area contributed by atoms with Gasteiger partial charge in [-0.2, -0.15) is 0 Å². The fraction of sp³-hybridized carbons (Fsp3) is 0.650. The van der Waals surface area contributed by atoms with Crippen molar-refractivity contribution in [1.29, 1.82) is 0 Å². The Balaban J connectivity index is 0.00000392. The van der Waals surface area contributed by atoms with Crippen LogP contribution in [-0.2, 0) is 9.47 Å². The van der Waals surface area contributed by atoms with Gasteiger partial charge >= 0.3 is 0 Å². The first-order valence-electron chi connectivity index (χ1n) is 9.91. The van der Waals surface area contributed by atoms with Crippen LogP contribution in [0.3, 0.4) is 0 Å². The molecule has 2 rings (SSSR count). The third kappa shape index (κ3) is 9.02. The van der Waals surface area contributed by atoms with Gasteiger partial charge in [-0.05, 0) is 38.0 Å². The van der Waals surface area contributed by atoms with Crippen molar-refractivity contribution in [2.24, 2.45) is 4.99 Å². The van der Waals surface area contributed by atoms with Crippen LogP contribution in [0.5, 0.6) is 0 Å². The fourth-order valence-corrected chi connectivity index (χ4v) is 3.08. The van der Waals surface area contributed by atoms with Gasteiger partial charge in [-0.25, -0.2) is 4.39 Å². The minimum Gasteiger partial charge on any atom is -0.382 e. The second-order valence-corrected chi connectivity index (χ2v) is 6.42. The molecule has 0 radical (unpaired) electrons. The number of ether oxygens (including phenoxy) is 2. The summed E-state index contributed by atoms with van der Waals surface area (Å²) in [5.74, 6) is 0.569. The van der Waals surface area contributed by atoms with E-state index in [-0.39, 0.29) is 35.8 Å². The SMILES string of the molecule is CCNC(=NCC(c1cccc(F)c1)N1CCOCC1)NCCCOCC.I. The first-order valence-corrected chi connectivity index (χ1v) is 9.91. The molecule has 0 spiro atoms. The summed E-state index contributed by atoms with van der Waals surface area (Å²) in [4.78, 5) is 7.08. The molecule has 0 saturated carbocycles. The van der Waals surface area contributed by atoms with E-state index in [1.165, 1.54) is 6.07 Å². The maximum Gasteiger partial charge on any atom is 0.191 e. The highest BCUT2D eigenvalue weighted by Crippen LogP contribution is 2.23. The Labute approximate surface area is 185 Å². The number of nitrogens with zero attached hydrogens (tertiary/aromatic N) is 2. The van der Waals surface area contributed by atoms with Gasteiger partial charge in [-0.1, -0.05) is 12.1 Å². The van der Waals surface area contributed by atoms with Crippen LogP contribution >= 0.6 is 24.0 Å². The van der Waals surface area contributed by atoms with Crippen molar-refractivity contribution in [1.82, 2.24) is 15.5 Å². The number of aliphatic imine (C=N–C) groups is 1. The number of halogens is 2. The zero-order valence-electron chi connectivity index (χ0n) is 17.0. The van der Waals surface area contributed by atoms with Crippen LogP contribution in [0.15, 0.2) is 29.3 Å². The van der Waals surface area contributed by atoms with Gasteiger partial charge in [0.05, 0.1) is 25.8 Å². The summed E-state index contributed by atoms with van der Waals surface area (Å²) in [6.07, 6.45) is 0.926. The molecule has 1 aromatic carbocycles. The molecule has 1 atom stereocenters. The van der Waals surface area contributed by atoms with E-state index >= 15 is 0 Å². The lowest BCUT2D eigenvalue weighted by Gasteiger charge is -2.34. The van der Waals surface area contributed by atoms with Crippen LogP contribution < -0.4 is 10.6 Å². The summed E-state index contributed by atoms with van der Waals surface area (Å²) in [6.45, 7) is 10.7. The van der Waals surface area contributed by atoms with Gasteiger partial charge in [0.2, 0.25) is 0 Å². The molecule has 1 saturated heterocycles. The molecule has 28 heavy (non-hydrogen) atoms. The third-order valence-corrected chi connectivity index (χ3v) is 4.45. The quantitative estimate of drug-likeness (QED) is 0.221. The highest BCUT2D eigenvalue weighted by atomic mass is 127. The highest BCUT2D eigenvalue weighted by Gasteiger charge is 2.23. The average molecular weight is 508 g/mol. The average Bonchev–Trinajstić information content (AvgIpc) is 2.69. The van der Waals surface area contributed by atoms with Gasteiger partial charge in [0, 0.05) is 39.4 Å². The molecular weight excluding hydrogens is 474 g/mol. The van der Waals surface area contributed by atoms with E-state index in [1.807, 2.05) is 19.9 Å². The molecule has 1 unspecified atom stereocenters. The normalized spacial score (nSPS) is 16.3. The molecule has 1 heterocycles. The molecule has 8 heteroatoms. The minimum atomic E-state index is -0.212. The van der Waals surface area contributed by atoms with Crippen LogP contribution in [0.2, 0.25) is 0 Å². The van der Waals surface area contributed by atoms with Crippen molar-refractivity contribution < 1.29 is 13.9 Å². The molecule has 0 aromatic heterocycles. The van der Waals surface area contributed by atoms with E-state index in [0.717, 1.165) is 57.3 Å². The Kier molecular flexibility index (Phi) is 13.4. The van der Waals surface area contributed by atoms with Crippen LogP contribution in [0.25, 0.3) is 0 Å². The number of hydrogen-bond donors (Lipinski definition) is 2. The van der Waals surface area contributed by atoms with E-state index in [2.05, 4.69) is 15.5 Å². The number of nitrogens with one attached hydrogen (secondary N) is 2. The van der Waals surface area contributed by atoms with E-state index in [0.29, 0.717) is 19.8 Å². The predicted octanol–water partition coefficient (Wildman–Crippen LogP) is 2.80. The first-order chi connectivity index (χ1) is 13.2. The van der Waals surface area contributed by atoms with Crippen molar-refractivity contribution in [3.63, 3.8) is 0 Å². The Morgan fingerprint density at radius 1 is 1.29 bits per heavy atom. The zero-order valence-corrected chi connectivity index (χ0v) is 19.3. The fourth-order valence-electron chi connectivity index (χ4n) is 3.08. The Morgan fingerprint density at radius 3 is 2.75 bits per heavy atom. The molecule has 1 aliphatic heterocycles. The van der Waals surface area contributed by atoms with Gasteiger partial charge in [-0.15, -0.1) is 24.0 Å². The molecule has 0 bridgehead atoms. The molecular formula is C20H34FIN4O2. The number of rotatable bonds is 10. The van der Waals surface area contributed by atoms with E-state index in [4.69, 9.17) is 14.5 Å². The van der Waals surface area contributed by atoms with E-state index in [9.17, 15) is 4.39 Å². The van der Waals surface area contributed by atoms with Crippen LogP contribution in [0, 0.1) is 5.82 Å². The van der Waals surface area contributed by atoms with E-state index < -0.39 is 0 Å². The maximum atomic E-state index is 13.8. The van der Waals surface area contributed by atoms with Gasteiger partial charge in [-0.3, -0.25) is 9.89 Å². The smallest absolute Gasteiger partial charge is 0.191 e. The van der Waals surface area contributed by atoms with Crippen molar-refractivity contribution in [3.05, 3.63) is 35.6 Å². The Bertz CT molecular complexity index is 571. The standard InChI is InChI=1S/C20H33FN4O2.HI/c1-3-22-20(23-9-6-12-26-4-2)24-16-19(25-10-13-27-14-11-25)17-7-5-8-18(21)15-17;/h5,7-8,15,19H,3-4,6,9-14,16H2,1-2H3,(H2,22,23,24);1H.